The molecule has 0 radical (unpaired) electrons. The second-order valence-electron chi connectivity index (χ2n) is 1.89. The van der Waals surface area contributed by atoms with Crippen LogP contribution in [0, 0.1) is 23.7 Å². The molecule has 0 unspecified atom stereocenters. The molecule has 3 nitrogen and oxygen atoms in total. The van der Waals surface area contributed by atoms with Crippen LogP contribution in [0.5, 0.6) is 0 Å². The van der Waals surface area contributed by atoms with E-state index in [0.717, 1.165) is 0 Å². The lowest BCUT2D eigenvalue weighted by Gasteiger charge is -1.99. The summed E-state index contributed by atoms with van der Waals surface area (Å²) in [6.07, 6.45) is 0. The minimum atomic E-state index is -0.236. The Morgan fingerprint density at radius 2 is 1.50 bits per heavy atom. The molecular weight excluding hydrogens is 152 g/mol. The SMILES string of the molecule is CC#CCNC(=O)NCC#CC. The summed E-state index contributed by atoms with van der Waals surface area (Å²) in [5.41, 5.74) is 0. The molecule has 0 fully saturated rings. The highest BCUT2D eigenvalue weighted by molar-refractivity contribution is 5.74. The van der Waals surface area contributed by atoms with Crippen molar-refractivity contribution in [3.05, 3.63) is 0 Å². The van der Waals surface area contributed by atoms with Gasteiger partial charge in [0.25, 0.3) is 0 Å². The van der Waals surface area contributed by atoms with E-state index in [1.165, 1.54) is 0 Å². The van der Waals surface area contributed by atoms with E-state index in [-0.39, 0.29) is 6.03 Å². The third-order valence-corrected chi connectivity index (χ3v) is 1.03. The maximum Gasteiger partial charge on any atom is 0.316 e. The standard InChI is InChI=1S/C9H12N2O/c1-3-5-7-10-9(12)11-8-6-4-2/h7-8H2,1-2H3,(H2,10,11,12). The molecule has 0 spiro atoms. The van der Waals surface area contributed by atoms with Crippen LogP contribution in [0.25, 0.3) is 0 Å². The largest absolute Gasteiger partial charge is 0.327 e. The van der Waals surface area contributed by atoms with Crippen LogP contribution in [-0.4, -0.2) is 19.1 Å². The Morgan fingerprint density at radius 1 is 1.08 bits per heavy atom. The van der Waals surface area contributed by atoms with Gasteiger partial charge in [0.2, 0.25) is 0 Å². The first-order valence-electron chi connectivity index (χ1n) is 3.62. The van der Waals surface area contributed by atoms with Crippen LogP contribution in [-0.2, 0) is 0 Å². The Hall–Kier alpha value is -1.61. The van der Waals surface area contributed by atoms with Crippen LogP contribution in [0.15, 0.2) is 0 Å². The Bertz CT molecular complexity index is 223. The van der Waals surface area contributed by atoms with Gasteiger partial charge >= 0.3 is 6.03 Å². The summed E-state index contributed by atoms with van der Waals surface area (Å²) in [6.45, 7) is 4.20. The van der Waals surface area contributed by atoms with Crippen LogP contribution >= 0.6 is 0 Å². The number of nitrogens with one attached hydrogen (secondary N) is 2. The average molecular weight is 164 g/mol. The number of hydrogen-bond acceptors (Lipinski definition) is 1. The van der Waals surface area contributed by atoms with Crippen LogP contribution in [0.1, 0.15) is 13.8 Å². The Balaban J connectivity index is 3.42. The highest BCUT2D eigenvalue weighted by atomic mass is 16.2. The maximum absolute atomic E-state index is 10.8. The highest BCUT2D eigenvalue weighted by Gasteiger charge is 1.92. The van der Waals surface area contributed by atoms with Gasteiger partial charge in [-0.05, 0) is 13.8 Å². The number of hydrogen-bond donors (Lipinski definition) is 2. The molecule has 0 aromatic carbocycles. The molecule has 2 amide bonds. The van der Waals surface area contributed by atoms with Crippen molar-refractivity contribution in [1.29, 1.82) is 0 Å². The molecule has 0 aliphatic rings. The van der Waals surface area contributed by atoms with Gasteiger partial charge in [-0.25, -0.2) is 4.79 Å². The molecule has 0 heterocycles. The minimum absolute atomic E-state index is 0.236. The van der Waals surface area contributed by atoms with Crippen molar-refractivity contribution in [2.45, 2.75) is 13.8 Å². The lowest BCUT2D eigenvalue weighted by molar-refractivity contribution is 0.243. The van der Waals surface area contributed by atoms with E-state index >= 15 is 0 Å². The van der Waals surface area contributed by atoms with E-state index < -0.39 is 0 Å². The van der Waals surface area contributed by atoms with Crippen molar-refractivity contribution < 1.29 is 4.79 Å². The molecule has 0 aromatic rings. The maximum atomic E-state index is 10.8. The Labute approximate surface area is 72.9 Å². The number of rotatable bonds is 2. The van der Waals surface area contributed by atoms with E-state index in [1.807, 2.05) is 0 Å². The van der Waals surface area contributed by atoms with E-state index in [1.54, 1.807) is 13.8 Å². The first-order valence-corrected chi connectivity index (χ1v) is 3.62. The van der Waals surface area contributed by atoms with E-state index in [0.29, 0.717) is 13.1 Å². The van der Waals surface area contributed by atoms with Crippen molar-refractivity contribution in [3.63, 3.8) is 0 Å². The van der Waals surface area contributed by atoms with Crippen LogP contribution in [0.2, 0.25) is 0 Å². The van der Waals surface area contributed by atoms with E-state index in [2.05, 4.69) is 34.3 Å². The molecule has 0 aromatic heterocycles. The lowest BCUT2D eigenvalue weighted by Crippen LogP contribution is -2.35. The molecule has 0 aliphatic heterocycles. The fourth-order valence-electron chi connectivity index (χ4n) is 0.488. The molecule has 64 valence electrons. The number of urea groups is 1. The fourth-order valence-corrected chi connectivity index (χ4v) is 0.488. The van der Waals surface area contributed by atoms with Crippen LogP contribution in [0.4, 0.5) is 4.79 Å². The molecule has 0 saturated carbocycles. The van der Waals surface area contributed by atoms with Gasteiger partial charge in [-0.15, -0.1) is 11.8 Å². The fraction of sp³-hybridized carbons (Fsp3) is 0.444. The monoisotopic (exact) mass is 164 g/mol. The Kier molecular flexibility index (Phi) is 6.49. The van der Waals surface area contributed by atoms with Crippen molar-refractivity contribution in [2.75, 3.05) is 13.1 Å². The van der Waals surface area contributed by atoms with Gasteiger partial charge in [0.05, 0.1) is 13.1 Å². The minimum Gasteiger partial charge on any atom is -0.327 e. The van der Waals surface area contributed by atoms with E-state index in [4.69, 9.17) is 0 Å². The van der Waals surface area contributed by atoms with Gasteiger partial charge in [-0.2, -0.15) is 0 Å². The zero-order valence-corrected chi connectivity index (χ0v) is 7.32. The van der Waals surface area contributed by atoms with Crippen molar-refractivity contribution in [3.8, 4) is 23.7 Å². The first-order chi connectivity index (χ1) is 5.81. The summed E-state index contributed by atoms with van der Waals surface area (Å²) in [5, 5.41) is 5.10. The van der Waals surface area contributed by atoms with Gasteiger partial charge in [0.1, 0.15) is 0 Å². The average Bonchev–Trinajstić information content (AvgIpc) is 2.06. The van der Waals surface area contributed by atoms with Gasteiger partial charge in [0.15, 0.2) is 0 Å². The molecule has 0 rings (SSSR count). The van der Waals surface area contributed by atoms with Crippen molar-refractivity contribution >= 4 is 6.03 Å². The predicted octanol–water partition coefficient (Wildman–Crippen LogP) is 0.332. The lowest BCUT2D eigenvalue weighted by atomic mass is 10.5. The van der Waals surface area contributed by atoms with Gasteiger partial charge in [-0.1, -0.05) is 11.8 Å². The zero-order chi connectivity index (χ0) is 9.23. The molecule has 0 aliphatic carbocycles. The number of carbonyl (C=O) groups excluding carboxylic acids is 1. The zero-order valence-electron chi connectivity index (χ0n) is 7.32. The van der Waals surface area contributed by atoms with E-state index in [9.17, 15) is 4.79 Å². The first kappa shape index (κ1) is 10.4. The van der Waals surface area contributed by atoms with Gasteiger partial charge in [-0.3, -0.25) is 0 Å². The summed E-state index contributed by atoms with van der Waals surface area (Å²) in [4.78, 5) is 10.8. The number of amides is 2. The topological polar surface area (TPSA) is 41.1 Å². The summed E-state index contributed by atoms with van der Waals surface area (Å²) >= 11 is 0. The Morgan fingerprint density at radius 3 is 1.83 bits per heavy atom. The highest BCUT2D eigenvalue weighted by Crippen LogP contribution is 1.63. The molecule has 3 heteroatoms. The van der Waals surface area contributed by atoms with Gasteiger partial charge in [0, 0.05) is 0 Å². The molecule has 0 bridgehead atoms. The third kappa shape index (κ3) is 6.51. The summed E-state index contributed by atoms with van der Waals surface area (Å²) in [6, 6.07) is -0.236. The normalized spacial score (nSPS) is 6.83. The molecule has 0 saturated heterocycles. The summed E-state index contributed by atoms with van der Waals surface area (Å²) in [7, 11) is 0. The molecule has 0 atom stereocenters. The van der Waals surface area contributed by atoms with Crippen molar-refractivity contribution in [2.24, 2.45) is 0 Å². The molecule has 2 N–H and O–H groups in total. The quantitative estimate of drug-likeness (QED) is 0.567. The second-order valence-corrected chi connectivity index (χ2v) is 1.89. The summed E-state index contributed by atoms with van der Waals surface area (Å²) < 4.78 is 0. The third-order valence-electron chi connectivity index (χ3n) is 1.03. The second kappa shape index (κ2) is 7.50. The van der Waals surface area contributed by atoms with Crippen LogP contribution in [0.3, 0.4) is 0 Å². The molecule has 12 heavy (non-hydrogen) atoms. The van der Waals surface area contributed by atoms with Gasteiger partial charge < -0.3 is 10.6 Å². The smallest absolute Gasteiger partial charge is 0.316 e. The number of carbonyl (C=O) groups is 1. The predicted molar refractivity (Wildman–Crippen MR) is 48.3 cm³/mol. The van der Waals surface area contributed by atoms with Crippen molar-refractivity contribution in [1.82, 2.24) is 10.6 Å². The molecular formula is C9H12N2O. The van der Waals surface area contributed by atoms with Crippen LogP contribution < -0.4 is 10.6 Å². The summed E-state index contributed by atoms with van der Waals surface area (Å²) in [5.74, 6) is 10.8.